The van der Waals surface area contributed by atoms with Gasteiger partial charge in [-0.3, -0.25) is 14.9 Å². The van der Waals surface area contributed by atoms with Crippen molar-refractivity contribution in [1.29, 1.82) is 0 Å². The summed E-state index contributed by atoms with van der Waals surface area (Å²) in [5.74, 6) is -1.38. The smallest absolute Gasteiger partial charge is 0.416 e. The van der Waals surface area contributed by atoms with Gasteiger partial charge in [0.05, 0.1) is 17.7 Å². The summed E-state index contributed by atoms with van der Waals surface area (Å²) in [6.07, 6.45) is -3.93. The number of thiazole rings is 1. The zero-order chi connectivity index (χ0) is 22.4. The summed E-state index contributed by atoms with van der Waals surface area (Å²) in [4.78, 5) is 28.2. The number of carbonyl (C=O) groups is 2. The Morgan fingerprint density at radius 2 is 1.84 bits per heavy atom. The summed E-state index contributed by atoms with van der Waals surface area (Å²) in [5, 5.41) is 4.70. The maximum absolute atomic E-state index is 12.7. The molecule has 162 valence electrons. The van der Waals surface area contributed by atoms with E-state index in [1.54, 1.807) is 5.38 Å². The number of aromatic nitrogens is 1. The Labute approximate surface area is 180 Å². The SMILES string of the molecule is CCc1ccc(-c2csc(NC(=O)COC(=O)Cc3cccc(C(F)(F)F)c3)n2)cc1. The standard InChI is InChI=1S/C22H19F3N2O3S/c1-2-14-6-8-16(9-7-14)18-13-31-21(26-18)27-19(28)12-30-20(29)11-15-4-3-5-17(10-15)22(23,24)25/h3-10,13H,2,11-12H2,1H3,(H,26,27,28). The van der Waals surface area contributed by atoms with E-state index in [0.29, 0.717) is 10.8 Å². The molecule has 0 atom stereocenters. The van der Waals surface area contributed by atoms with E-state index in [1.165, 1.54) is 29.0 Å². The second-order valence-corrected chi connectivity index (χ2v) is 7.53. The van der Waals surface area contributed by atoms with Crippen LogP contribution in [0.25, 0.3) is 11.3 Å². The third-order valence-corrected chi connectivity index (χ3v) is 5.13. The summed E-state index contributed by atoms with van der Waals surface area (Å²) < 4.78 is 43.1. The summed E-state index contributed by atoms with van der Waals surface area (Å²) in [6, 6.07) is 12.3. The third-order valence-electron chi connectivity index (χ3n) is 4.38. The van der Waals surface area contributed by atoms with Crippen molar-refractivity contribution in [2.24, 2.45) is 0 Å². The molecule has 1 heterocycles. The maximum atomic E-state index is 12.7. The lowest BCUT2D eigenvalue weighted by molar-refractivity contribution is -0.146. The van der Waals surface area contributed by atoms with Crippen LogP contribution < -0.4 is 5.32 Å². The molecule has 0 aliphatic rings. The van der Waals surface area contributed by atoms with Crippen molar-refractivity contribution >= 4 is 28.3 Å². The molecule has 3 aromatic rings. The molecule has 3 rings (SSSR count). The monoisotopic (exact) mass is 448 g/mol. The molecular weight excluding hydrogens is 429 g/mol. The third kappa shape index (κ3) is 6.39. The maximum Gasteiger partial charge on any atom is 0.416 e. The number of anilines is 1. The van der Waals surface area contributed by atoms with Crippen molar-refractivity contribution in [3.8, 4) is 11.3 Å². The summed E-state index contributed by atoms with van der Waals surface area (Å²) >= 11 is 1.23. The van der Waals surface area contributed by atoms with Gasteiger partial charge < -0.3 is 4.74 Å². The average molecular weight is 448 g/mol. The first-order valence-corrected chi connectivity index (χ1v) is 10.3. The molecule has 0 unspecified atom stereocenters. The van der Waals surface area contributed by atoms with Crippen LogP contribution in [0.4, 0.5) is 18.3 Å². The largest absolute Gasteiger partial charge is 0.455 e. The Balaban J connectivity index is 1.50. The first-order valence-electron chi connectivity index (χ1n) is 9.41. The van der Waals surface area contributed by atoms with Gasteiger partial charge in [0.15, 0.2) is 11.7 Å². The number of nitrogens with zero attached hydrogens (tertiary/aromatic N) is 1. The molecule has 0 bridgehead atoms. The van der Waals surface area contributed by atoms with E-state index in [0.717, 1.165) is 24.1 Å². The van der Waals surface area contributed by atoms with Crippen molar-refractivity contribution in [2.75, 3.05) is 11.9 Å². The second kappa shape index (κ2) is 9.74. The predicted octanol–water partition coefficient (Wildman–Crippen LogP) is 5.12. The topological polar surface area (TPSA) is 68.3 Å². The van der Waals surface area contributed by atoms with Gasteiger partial charge in [0.1, 0.15) is 0 Å². The van der Waals surface area contributed by atoms with Gasteiger partial charge in [-0.1, -0.05) is 49.4 Å². The fraction of sp³-hybridized carbons (Fsp3) is 0.227. The van der Waals surface area contributed by atoms with Crippen LogP contribution >= 0.6 is 11.3 Å². The number of halogens is 3. The Morgan fingerprint density at radius 3 is 2.52 bits per heavy atom. The van der Waals surface area contributed by atoms with E-state index in [1.807, 2.05) is 24.3 Å². The fourth-order valence-electron chi connectivity index (χ4n) is 2.75. The summed E-state index contributed by atoms with van der Waals surface area (Å²) in [5.41, 5.74) is 2.14. The Kier molecular flexibility index (Phi) is 7.06. The Hall–Kier alpha value is -3.20. The number of rotatable bonds is 7. The number of alkyl halides is 3. The Morgan fingerprint density at radius 1 is 1.10 bits per heavy atom. The molecule has 0 radical (unpaired) electrons. The average Bonchev–Trinajstić information content (AvgIpc) is 3.20. The van der Waals surface area contributed by atoms with Crippen molar-refractivity contribution in [3.05, 3.63) is 70.6 Å². The zero-order valence-corrected chi connectivity index (χ0v) is 17.3. The molecule has 1 N–H and O–H groups in total. The van der Waals surface area contributed by atoms with E-state index in [4.69, 9.17) is 4.74 Å². The van der Waals surface area contributed by atoms with Gasteiger partial charge in [0.2, 0.25) is 0 Å². The van der Waals surface area contributed by atoms with Crippen LogP contribution in [-0.4, -0.2) is 23.5 Å². The van der Waals surface area contributed by atoms with E-state index < -0.39 is 30.2 Å². The van der Waals surface area contributed by atoms with Gasteiger partial charge in [-0.25, -0.2) is 4.98 Å². The summed E-state index contributed by atoms with van der Waals surface area (Å²) in [6.45, 7) is 1.51. The van der Waals surface area contributed by atoms with Crippen molar-refractivity contribution in [1.82, 2.24) is 4.98 Å². The molecule has 0 saturated carbocycles. The van der Waals surface area contributed by atoms with E-state index >= 15 is 0 Å². The minimum Gasteiger partial charge on any atom is -0.455 e. The molecule has 0 saturated heterocycles. The molecule has 1 amide bonds. The number of hydrogen-bond donors (Lipinski definition) is 1. The number of carbonyl (C=O) groups excluding carboxylic acids is 2. The normalized spacial score (nSPS) is 11.2. The Bertz CT molecular complexity index is 1060. The van der Waals surface area contributed by atoms with E-state index in [9.17, 15) is 22.8 Å². The lowest BCUT2D eigenvalue weighted by atomic mass is 10.1. The molecular formula is C22H19F3N2O3S. The van der Waals surface area contributed by atoms with Crippen LogP contribution in [0, 0.1) is 0 Å². The molecule has 1 aromatic heterocycles. The minimum atomic E-state index is -4.50. The number of hydrogen-bond acceptors (Lipinski definition) is 5. The van der Waals surface area contributed by atoms with E-state index in [2.05, 4.69) is 17.2 Å². The van der Waals surface area contributed by atoms with Gasteiger partial charge in [-0.2, -0.15) is 13.2 Å². The highest BCUT2D eigenvalue weighted by atomic mass is 32.1. The number of amides is 1. The predicted molar refractivity (Wildman–Crippen MR) is 112 cm³/mol. The van der Waals surface area contributed by atoms with Crippen molar-refractivity contribution in [2.45, 2.75) is 25.9 Å². The van der Waals surface area contributed by atoms with Crippen molar-refractivity contribution < 1.29 is 27.5 Å². The fourth-order valence-corrected chi connectivity index (χ4v) is 3.49. The van der Waals surface area contributed by atoms with Gasteiger partial charge >= 0.3 is 12.1 Å². The van der Waals surface area contributed by atoms with Gasteiger partial charge in [-0.05, 0) is 23.6 Å². The first kappa shape index (κ1) is 22.5. The molecule has 0 fully saturated rings. The second-order valence-electron chi connectivity index (χ2n) is 6.67. The van der Waals surface area contributed by atoms with Crippen LogP contribution in [0.2, 0.25) is 0 Å². The van der Waals surface area contributed by atoms with Gasteiger partial charge in [0, 0.05) is 10.9 Å². The number of nitrogens with one attached hydrogen (secondary N) is 1. The van der Waals surface area contributed by atoms with Crippen molar-refractivity contribution in [3.63, 3.8) is 0 Å². The highest BCUT2D eigenvalue weighted by molar-refractivity contribution is 7.14. The first-order chi connectivity index (χ1) is 14.7. The molecule has 9 heteroatoms. The quantitative estimate of drug-likeness (QED) is 0.510. The van der Waals surface area contributed by atoms with Crippen LogP contribution in [0.15, 0.2) is 53.9 Å². The molecule has 0 aliphatic heterocycles. The van der Waals surface area contributed by atoms with Gasteiger partial charge in [-0.15, -0.1) is 11.3 Å². The highest BCUT2D eigenvalue weighted by Crippen LogP contribution is 2.29. The molecule has 5 nitrogen and oxygen atoms in total. The lowest BCUT2D eigenvalue weighted by Gasteiger charge is -2.09. The molecule has 0 spiro atoms. The van der Waals surface area contributed by atoms with Crippen LogP contribution in [0.5, 0.6) is 0 Å². The minimum absolute atomic E-state index is 0.152. The number of esters is 1. The van der Waals surface area contributed by atoms with Gasteiger partial charge in [0.25, 0.3) is 5.91 Å². The number of aryl methyl sites for hydroxylation is 1. The van der Waals surface area contributed by atoms with Crippen LogP contribution in [0.1, 0.15) is 23.6 Å². The molecule has 31 heavy (non-hydrogen) atoms. The van der Waals surface area contributed by atoms with Crippen LogP contribution in [-0.2, 0) is 33.3 Å². The lowest BCUT2D eigenvalue weighted by Crippen LogP contribution is -2.21. The van der Waals surface area contributed by atoms with Crippen LogP contribution in [0.3, 0.4) is 0 Å². The number of benzene rings is 2. The molecule has 2 aromatic carbocycles. The van der Waals surface area contributed by atoms with E-state index in [-0.39, 0.29) is 12.0 Å². The molecule has 0 aliphatic carbocycles. The zero-order valence-electron chi connectivity index (χ0n) is 16.5. The highest BCUT2D eigenvalue weighted by Gasteiger charge is 2.30. The summed E-state index contributed by atoms with van der Waals surface area (Å²) in [7, 11) is 0. The number of ether oxygens (including phenoxy) is 1.